The number of amides is 2. The van der Waals surface area contributed by atoms with Crippen molar-refractivity contribution in [1.82, 2.24) is 5.32 Å². The summed E-state index contributed by atoms with van der Waals surface area (Å²) in [4.78, 5) is 24.9. The zero-order chi connectivity index (χ0) is 20.3. The third-order valence-electron chi connectivity index (χ3n) is 4.69. The molecule has 0 spiro atoms. The fourth-order valence-electron chi connectivity index (χ4n) is 3.24. The molecular formula is C25H25NO3. The van der Waals surface area contributed by atoms with Crippen LogP contribution >= 0.6 is 0 Å². The van der Waals surface area contributed by atoms with E-state index in [9.17, 15) is 9.59 Å². The lowest BCUT2D eigenvalue weighted by molar-refractivity contribution is -0.121. The molecule has 148 valence electrons. The highest BCUT2D eigenvalue weighted by Gasteiger charge is 2.24. The number of rotatable bonds is 8. The molecule has 3 aromatic carbocycles. The van der Waals surface area contributed by atoms with Crippen molar-refractivity contribution in [3.63, 3.8) is 0 Å². The molecule has 3 rings (SSSR count). The summed E-state index contributed by atoms with van der Waals surface area (Å²) in [7, 11) is 0. The summed E-state index contributed by atoms with van der Waals surface area (Å²) in [6.45, 7) is 0.285. The predicted octanol–water partition coefficient (Wildman–Crippen LogP) is 5.09. The van der Waals surface area contributed by atoms with Crippen LogP contribution in [0.1, 0.15) is 35.4 Å². The fraction of sp³-hybridized carbons (Fsp3) is 0.200. The van der Waals surface area contributed by atoms with Gasteiger partial charge in [0.15, 0.2) is 0 Å². The van der Waals surface area contributed by atoms with E-state index in [1.54, 1.807) is 0 Å². The zero-order valence-electron chi connectivity index (χ0n) is 16.3. The molecule has 0 heterocycles. The van der Waals surface area contributed by atoms with Gasteiger partial charge in [-0.15, -0.1) is 0 Å². The number of carbonyl (C=O) groups excluding carboxylic acids is 2. The van der Waals surface area contributed by atoms with Gasteiger partial charge in [0.2, 0.25) is 5.91 Å². The summed E-state index contributed by atoms with van der Waals surface area (Å²) in [6.07, 6.45) is 1.90. The second-order valence-electron chi connectivity index (χ2n) is 6.82. The molecule has 0 aliphatic rings. The van der Waals surface area contributed by atoms with Crippen LogP contribution in [0.25, 0.3) is 0 Å². The van der Waals surface area contributed by atoms with Gasteiger partial charge in [0.25, 0.3) is 0 Å². The summed E-state index contributed by atoms with van der Waals surface area (Å²) < 4.78 is 5.20. The summed E-state index contributed by atoms with van der Waals surface area (Å²) in [5.41, 5.74) is 2.92. The van der Waals surface area contributed by atoms with Gasteiger partial charge in [-0.1, -0.05) is 91.0 Å². The lowest BCUT2D eigenvalue weighted by Gasteiger charge is -2.17. The quantitative estimate of drug-likeness (QED) is 0.548. The Morgan fingerprint density at radius 2 is 1.24 bits per heavy atom. The number of hydrogen-bond donors (Lipinski definition) is 1. The molecule has 0 aromatic heterocycles. The van der Waals surface area contributed by atoms with Gasteiger partial charge in [0.05, 0.1) is 12.5 Å². The first-order valence-corrected chi connectivity index (χ1v) is 9.85. The van der Waals surface area contributed by atoms with Crippen LogP contribution < -0.4 is 5.32 Å². The minimum absolute atomic E-state index is 0.285. The van der Waals surface area contributed by atoms with Gasteiger partial charge >= 0.3 is 6.09 Å². The molecule has 0 radical (unpaired) electrons. The molecule has 0 saturated heterocycles. The maximum absolute atomic E-state index is 12.8. The molecule has 29 heavy (non-hydrogen) atoms. The number of carbonyl (C=O) groups is 2. The smallest absolute Gasteiger partial charge is 0.413 e. The Kier molecular flexibility index (Phi) is 7.58. The number of imide groups is 1. The fourth-order valence-corrected chi connectivity index (χ4v) is 3.24. The van der Waals surface area contributed by atoms with Crippen LogP contribution in [-0.4, -0.2) is 18.6 Å². The molecule has 0 aliphatic carbocycles. The number of benzene rings is 3. The largest absolute Gasteiger partial charge is 0.449 e. The Bertz CT molecular complexity index is 856. The van der Waals surface area contributed by atoms with Gasteiger partial charge in [0, 0.05) is 0 Å². The van der Waals surface area contributed by atoms with E-state index in [0.717, 1.165) is 30.4 Å². The summed E-state index contributed by atoms with van der Waals surface area (Å²) >= 11 is 0. The third-order valence-corrected chi connectivity index (χ3v) is 4.69. The van der Waals surface area contributed by atoms with Crippen molar-refractivity contribution in [3.8, 4) is 0 Å². The van der Waals surface area contributed by atoms with E-state index in [0.29, 0.717) is 0 Å². The highest BCUT2D eigenvalue weighted by molar-refractivity contribution is 5.97. The van der Waals surface area contributed by atoms with Crippen molar-refractivity contribution in [2.24, 2.45) is 0 Å². The van der Waals surface area contributed by atoms with Gasteiger partial charge in [-0.3, -0.25) is 10.1 Å². The summed E-state index contributed by atoms with van der Waals surface area (Å²) in [6, 6.07) is 29.0. The molecule has 4 nitrogen and oxygen atoms in total. The monoisotopic (exact) mass is 387 g/mol. The van der Waals surface area contributed by atoms with Gasteiger partial charge in [-0.2, -0.15) is 0 Å². The van der Waals surface area contributed by atoms with Crippen molar-refractivity contribution in [2.45, 2.75) is 25.2 Å². The van der Waals surface area contributed by atoms with Crippen molar-refractivity contribution in [2.75, 3.05) is 6.61 Å². The highest BCUT2D eigenvalue weighted by Crippen LogP contribution is 2.24. The van der Waals surface area contributed by atoms with Crippen LogP contribution in [0.15, 0.2) is 91.0 Å². The average molecular weight is 387 g/mol. The van der Waals surface area contributed by atoms with E-state index in [1.807, 2.05) is 78.9 Å². The second kappa shape index (κ2) is 10.8. The topological polar surface area (TPSA) is 55.4 Å². The van der Waals surface area contributed by atoms with Gasteiger partial charge in [-0.25, -0.2) is 4.79 Å². The number of ether oxygens (including phenoxy) is 1. The predicted molar refractivity (Wildman–Crippen MR) is 114 cm³/mol. The molecule has 0 atom stereocenters. The van der Waals surface area contributed by atoms with Crippen molar-refractivity contribution in [3.05, 3.63) is 108 Å². The van der Waals surface area contributed by atoms with Crippen molar-refractivity contribution in [1.29, 1.82) is 0 Å². The van der Waals surface area contributed by atoms with E-state index < -0.39 is 17.9 Å². The Labute approximate surface area is 171 Å². The van der Waals surface area contributed by atoms with Crippen LogP contribution in [-0.2, 0) is 16.0 Å². The first-order valence-electron chi connectivity index (χ1n) is 9.85. The molecular weight excluding hydrogens is 362 g/mol. The van der Waals surface area contributed by atoms with E-state index in [2.05, 4.69) is 17.4 Å². The second-order valence-corrected chi connectivity index (χ2v) is 6.82. The maximum Gasteiger partial charge on any atom is 0.413 e. The number of unbranched alkanes of at least 4 members (excludes halogenated alkanes) is 1. The molecule has 3 aromatic rings. The number of nitrogens with one attached hydrogen (secondary N) is 1. The van der Waals surface area contributed by atoms with Crippen molar-refractivity contribution >= 4 is 12.0 Å². The van der Waals surface area contributed by atoms with Crippen LogP contribution in [0.2, 0.25) is 0 Å². The molecule has 4 heteroatoms. The van der Waals surface area contributed by atoms with Gasteiger partial charge < -0.3 is 4.74 Å². The molecule has 1 N–H and O–H groups in total. The molecule has 0 unspecified atom stereocenters. The van der Waals surface area contributed by atoms with Gasteiger partial charge in [-0.05, 0) is 36.0 Å². The van der Waals surface area contributed by atoms with Gasteiger partial charge in [0.1, 0.15) is 0 Å². The van der Waals surface area contributed by atoms with Crippen LogP contribution in [0, 0.1) is 0 Å². The Balaban J connectivity index is 1.51. The van der Waals surface area contributed by atoms with Crippen LogP contribution in [0.4, 0.5) is 4.79 Å². The first kappa shape index (κ1) is 20.3. The standard InChI is InChI=1S/C25H25NO3/c27-24(23(21-15-6-2-7-16-21)22-17-8-3-9-18-22)26-25(28)29-19-11-10-14-20-12-4-1-5-13-20/h1-9,12-13,15-18,23H,10-11,14,19H2,(H,26,27,28). The lowest BCUT2D eigenvalue weighted by atomic mass is 9.90. The average Bonchev–Trinajstić information content (AvgIpc) is 2.76. The SMILES string of the molecule is O=C(NC(=O)C(c1ccccc1)c1ccccc1)OCCCCc1ccccc1. The lowest BCUT2D eigenvalue weighted by Crippen LogP contribution is -2.35. The Hall–Kier alpha value is -3.40. The number of alkyl carbamates (subject to hydrolysis) is 1. The number of aryl methyl sites for hydroxylation is 1. The van der Waals surface area contributed by atoms with Crippen LogP contribution in [0.5, 0.6) is 0 Å². The maximum atomic E-state index is 12.8. The molecule has 0 aliphatic heterocycles. The molecule has 0 fully saturated rings. The van der Waals surface area contributed by atoms with E-state index in [-0.39, 0.29) is 6.61 Å². The Morgan fingerprint density at radius 1 is 0.724 bits per heavy atom. The zero-order valence-corrected chi connectivity index (χ0v) is 16.3. The van der Waals surface area contributed by atoms with E-state index in [4.69, 9.17) is 4.74 Å². The van der Waals surface area contributed by atoms with E-state index in [1.165, 1.54) is 5.56 Å². The Morgan fingerprint density at radius 3 is 1.79 bits per heavy atom. The van der Waals surface area contributed by atoms with Crippen molar-refractivity contribution < 1.29 is 14.3 Å². The summed E-state index contributed by atoms with van der Waals surface area (Å²) in [5.74, 6) is -0.959. The first-order chi connectivity index (χ1) is 14.2. The van der Waals surface area contributed by atoms with E-state index >= 15 is 0 Å². The molecule has 2 amide bonds. The minimum Gasteiger partial charge on any atom is -0.449 e. The summed E-state index contributed by atoms with van der Waals surface area (Å²) in [5, 5.41) is 2.39. The van der Waals surface area contributed by atoms with Crippen LogP contribution in [0.3, 0.4) is 0 Å². The molecule has 0 saturated carbocycles. The highest BCUT2D eigenvalue weighted by atomic mass is 16.5. The minimum atomic E-state index is -0.702. The number of hydrogen-bond acceptors (Lipinski definition) is 3. The molecule has 0 bridgehead atoms. The third kappa shape index (κ3) is 6.32. The normalized spacial score (nSPS) is 10.5.